The van der Waals surface area contributed by atoms with Crippen molar-refractivity contribution in [2.45, 2.75) is 0 Å². The van der Waals surface area contributed by atoms with Crippen molar-refractivity contribution in [2.24, 2.45) is 5.73 Å². The summed E-state index contributed by atoms with van der Waals surface area (Å²) in [5.74, 6) is 0.696. The van der Waals surface area contributed by atoms with Crippen LogP contribution in [0, 0.1) is 0 Å². The molecule has 2 rings (SSSR count). The number of fused-ring (bicyclic) bond motifs is 1. The minimum Gasteiger partial charge on any atom is -0.494 e. The molecular formula is C11H12ClN3O. The molecule has 0 fully saturated rings. The lowest BCUT2D eigenvalue weighted by molar-refractivity contribution is 0.417. The van der Waals surface area contributed by atoms with E-state index in [1.807, 2.05) is 24.4 Å². The smallest absolute Gasteiger partial charge is 0.146 e. The van der Waals surface area contributed by atoms with Gasteiger partial charge in [-0.25, -0.2) is 4.52 Å². The Bertz CT molecular complexity index is 533. The SMILES string of the molecule is COc1cc(/C=C/CN)cn2ncc(Cl)c12. The molecule has 0 saturated carbocycles. The van der Waals surface area contributed by atoms with Crippen LogP contribution in [0.2, 0.25) is 5.02 Å². The molecule has 0 aliphatic heterocycles. The van der Waals surface area contributed by atoms with E-state index in [1.54, 1.807) is 17.8 Å². The Morgan fingerprint density at radius 3 is 3.12 bits per heavy atom. The van der Waals surface area contributed by atoms with E-state index >= 15 is 0 Å². The molecule has 0 bridgehead atoms. The van der Waals surface area contributed by atoms with Crippen LogP contribution in [0.5, 0.6) is 5.75 Å². The molecule has 2 aromatic rings. The van der Waals surface area contributed by atoms with E-state index < -0.39 is 0 Å². The van der Waals surface area contributed by atoms with Gasteiger partial charge in [-0.15, -0.1) is 0 Å². The van der Waals surface area contributed by atoms with E-state index in [2.05, 4.69) is 5.10 Å². The van der Waals surface area contributed by atoms with E-state index in [0.717, 1.165) is 11.1 Å². The van der Waals surface area contributed by atoms with E-state index in [4.69, 9.17) is 22.1 Å². The van der Waals surface area contributed by atoms with Crippen molar-refractivity contribution in [3.63, 3.8) is 0 Å². The summed E-state index contributed by atoms with van der Waals surface area (Å²) in [6.07, 6.45) is 7.25. The Kier molecular flexibility index (Phi) is 3.12. The van der Waals surface area contributed by atoms with Crippen molar-refractivity contribution < 1.29 is 4.74 Å². The summed E-state index contributed by atoms with van der Waals surface area (Å²) in [6, 6.07) is 1.90. The zero-order valence-electron chi connectivity index (χ0n) is 8.85. The molecule has 0 aliphatic rings. The second kappa shape index (κ2) is 4.55. The van der Waals surface area contributed by atoms with Crippen LogP contribution in [0.3, 0.4) is 0 Å². The molecule has 16 heavy (non-hydrogen) atoms. The van der Waals surface area contributed by atoms with Crippen molar-refractivity contribution in [1.82, 2.24) is 9.61 Å². The fourth-order valence-corrected chi connectivity index (χ4v) is 1.74. The summed E-state index contributed by atoms with van der Waals surface area (Å²) in [5, 5.41) is 4.71. The van der Waals surface area contributed by atoms with Gasteiger partial charge in [-0.1, -0.05) is 23.8 Å². The highest BCUT2D eigenvalue weighted by Gasteiger charge is 2.08. The third-order valence-corrected chi connectivity index (χ3v) is 2.50. The molecule has 0 amide bonds. The highest BCUT2D eigenvalue weighted by Crippen LogP contribution is 2.28. The van der Waals surface area contributed by atoms with Gasteiger partial charge in [0.1, 0.15) is 11.3 Å². The van der Waals surface area contributed by atoms with Gasteiger partial charge in [-0.3, -0.25) is 0 Å². The van der Waals surface area contributed by atoms with Gasteiger partial charge in [-0.2, -0.15) is 5.10 Å². The lowest BCUT2D eigenvalue weighted by Gasteiger charge is -2.05. The van der Waals surface area contributed by atoms with Crippen LogP contribution in [0.15, 0.2) is 24.5 Å². The fourth-order valence-electron chi connectivity index (χ4n) is 1.52. The molecule has 2 heterocycles. The van der Waals surface area contributed by atoms with Crippen LogP contribution < -0.4 is 10.5 Å². The van der Waals surface area contributed by atoms with Crippen LogP contribution >= 0.6 is 11.6 Å². The number of pyridine rings is 1. The van der Waals surface area contributed by atoms with Crippen molar-refractivity contribution in [1.29, 1.82) is 0 Å². The largest absolute Gasteiger partial charge is 0.494 e. The summed E-state index contributed by atoms with van der Waals surface area (Å²) >= 11 is 6.01. The second-order valence-corrected chi connectivity index (χ2v) is 3.67. The monoisotopic (exact) mass is 237 g/mol. The van der Waals surface area contributed by atoms with Crippen LogP contribution in [0.25, 0.3) is 11.6 Å². The minimum atomic E-state index is 0.500. The first kappa shape index (κ1) is 11.0. The van der Waals surface area contributed by atoms with E-state index in [0.29, 0.717) is 17.3 Å². The number of nitrogens with two attached hydrogens (primary N) is 1. The average molecular weight is 238 g/mol. The zero-order valence-corrected chi connectivity index (χ0v) is 9.61. The van der Waals surface area contributed by atoms with Crippen LogP contribution in [0.4, 0.5) is 0 Å². The molecule has 4 nitrogen and oxygen atoms in total. The fraction of sp³-hybridized carbons (Fsp3) is 0.182. The summed E-state index contributed by atoms with van der Waals surface area (Å²) in [4.78, 5) is 0. The van der Waals surface area contributed by atoms with E-state index in [1.165, 1.54) is 0 Å². The van der Waals surface area contributed by atoms with Crippen molar-refractivity contribution in [2.75, 3.05) is 13.7 Å². The maximum absolute atomic E-state index is 6.01. The van der Waals surface area contributed by atoms with Gasteiger partial charge in [0.05, 0.1) is 18.3 Å². The van der Waals surface area contributed by atoms with Gasteiger partial charge >= 0.3 is 0 Å². The maximum atomic E-state index is 6.01. The third-order valence-electron chi connectivity index (χ3n) is 2.22. The summed E-state index contributed by atoms with van der Waals surface area (Å²) in [7, 11) is 1.61. The lowest BCUT2D eigenvalue weighted by Crippen LogP contribution is -1.95. The Balaban J connectivity index is 2.60. The number of hydrogen-bond donors (Lipinski definition) is 1. The summed E-state index contributed by atoms with van der Waals surface area (Å²) in [5.41, 5.74) is 7.14. The van der Waals surface area contributed by atoms with Gasteiger partial charge in [0, 0.05) is 12.7 Å². The highest BCUT2D eigenvalue weighted by molar-refractivity contribution is 6.34. The second-order valence-electron chi connectivity index (χ2n) is 3.27. The van der Waals surface area contributed by atoms with Crippen LogP contribution in [0.1, 0.15) is 5.56 Å². The van der Waals surface area contributed by atoms with Crippen molar-refractivity contribution in [3.05, 3.63) is 35.1 Å². The number of rotatable bonds is 3. The molecule has 0 saturated heterocycles. The third kappa shape index (κ3) is 1.89. The molecule has 2 N–H and O–H groups in total. The molecule has 0 atom stereocenters. The predicted molar refractivity (Wildman–Crippen MR) is 64.8 cm³/mol. The standard InChI is InChI=1S/C11H12ClN3O/c1-16-10-5-8(3-2-4-13)7-15-11(10)9(12)6-14-15/h2-3,5-7H,4,13H2,1H3/b3-2+. The van der Waals surface area contributed by atoms with Crippen molar-refractivity contribution in [3.8, 4) is 5.75 Å². The first-order valence-corrected chi connectivity index (χ1v) is 5.21. The van der Waals surface area contributed by atoms with Crippen LogP contribution in [-0.4, -0.2) is 23.3 Å². The Labute approximate surface area is 98.3 Å². The first-order chi connectivity index (χ1) is 7.76. The Hall–Kier alpha value is -1.52. The van der Waals surface area contributed by atoms with Gasteiger partial charge in [0.15, 0.2) is 0 Å². The minimum absolute atomic E-state index is 0.500. The average Bonchev–Trinajstić information content (AvgIpc) is 2.67. The maximum Gasteiger partial charge on any atom is 0.146 e. The normalized spacial score (nSPS) is 11.4. The van der Waals surface area contributed by atoms with Crippen molar-refractivity contribution >= 4 is 23.2 Å². The van der Waals surface area contributed by atoms with Gasteiger partial charge in [0.25, 0.3) is 0 Å². The number of ether oxygens (including phenoxy) is 1. The Morgan fingerprint density at radius 2 is 2.44 bits per heavy atom. The number of hydrogen-bond acceptors (Lipinski definition) is 3. The molecule has 0 spiro atoms. The van der Waals surface area contributed by atoms with E-state index in [-0.39, 0.29) is 0 Å². The number of aromatic nitrogens is 2. The topological polar surface area (TPSA) is 52.5 Å². The summed E-state index contributed by atoms with van der Waals surface area (Å²) < 4.78 is 6.97. The van der Waals surface area contributed by atoms with Gasteiger partial charge in [-0.05, 0) is 11.6 Å². The predicted octanol–water partition coefficient (Wildman–Crippen LogP) is 1.97. The number of halogens is 1. The van der Waals surface area contributed by atoms with Gasteiger partial charge in [0.2, 0.25) is 0 Å². The summed E-state index contributed by atoms with van der Waals surface area (Å²) in [6.45, 7) is 0.500. The first-order valence-electron chi connectivity index (χ1n) is 4.83. The molecule has 0 aromatic carbocycles. The number of methoxy groups -OCH3 is 1. The molecule has 0 aliphatic carbocycles. The lowest BCUT2D eigenvalue weighted by atomic mass is 10.2. The molecule has 84 valence electrons. The molecule has 0 unspecified atom stereocenters. The highest BCUT2D eigenvalue weighted by atomic mass is 35.5. The quantitative estimate of drug-likeness (QED) is 0.888. The molecule has 0 radical (unpaired) electrons. The van der Waals surface area contributed by atoms with Gasteiger partial charge < -0.3 is 10.5 Å². The van der Waals surface area contributed by atoms with E-state index in [9.17, 15) is 0 Å². The molecule has 5 heteroatoms. The molecule has 2 aromatic heterocycles. The Morgan fingerprint density at radius 1 is 1.62 bits per heavy atom. The number of nitrogens with zero attached hydrogens (tertiary/aromatic N) is 2. The van der Waals surface area contributed by atoms with Crippen LogP contribution in [-0.2, 0) is 0 Å². The zero-order chi connectivity index (χ0) is 11.5. The molecular weight excluding hydrogens is 226 g/mol.